The molecule has 0 unspecified atom stereocenters. The molecule has 2 N–H and O–H groups in total. The minimum atomic E-state index is -0.607. The molecule has 2 rings (SSSR count). The normalized spacial score (nSPS) is 10.1. The number of hydrogen-bond donors (Lipinski definition) is 2. The third-order valence-corrected chi connectivity index (χ3v) is 3.38. The van der Waals surface area contributed by atoms with Gasteiger partial charge in [-0.05, 0) is 30.8 Å². The molecular weight excluding hydrogens is 270 g/mol. The number of para-hydroxylation sites is 1. The van der Waals surface area contributed by atoms with Gasteiger partial charge < -0.3 is 10.1 Å². The Labute approximate surface area is 113 Å². The lowest BCUT2D eigenvalue weighted by atomic mass is 10.2. The zero-order valence-corrected chi connectivity index (χ0v) is 11.4. The van der Waals surface area contributed by atoms with Crippen molar-refractivity contribution in [3.05, 3.63) is 23.8 Å². The molecule has 1 amide bonds. The van der Waals surface area contributed by atoms with E-state index >= 15 is 0 Å². The summed E-state index contributed by atoms with van der Waals surface area (Å²) in [5.41, 5.74) is 2.04. The van der Waals surface area contributed by atoms with Gasteiger partial charge in [0.25, 0.3) is 0 Å². The molecule has 1 aromatic heterocycles. The topological polar surface area (TPSA) is 63.2 Å². The van der Waals surface area contributed by atoms with Crippen molar-refractivity contribution in [2.45, 2.75) is 6.92 Å². The minimum absolute atomic E-state index is 0.165. The van der Waals surface area contributed by atoms with Gasteiger partial charge in [-0.15, -0.1) is 0 Å². The molecule has 0 aliphatic rings. The number of methoxy groups -OCH3 is 1. The second-order valence-electron chi connectivity index (χ2n) is 3.51. The van der Waals surface area contributed by atoms with Crippen molar-refractivity contribution >= 4 is 50.1 Å². The van der Waals surface area contributed by atoms with E-state index in [1.807, 2.05) is 25.1 Å². The first-order valence-corrected chi connectivity index (χ1v) is 6.34. The summed E-state index contributed by atoms with van der Waals surface area (Å²) >= 11 is 6.43. The highest BCUT2D eigenvalue weighted by Gasteiger charge is 2.08. The van der Waals surface area contributed by atoms with Crippen molar-refractivity contribution in [2.24, 2.45) is 0 Å². The number of hydrogen-bond acceptors (Lipinski definition) is 5. The van der Waals surface area contributed by atoms with Gasteiger partial charge >= 0.3 is 6.09 Å². The Morgan fingerprint density at radius 2 is 2.28 bits per heavy atom. The summed E-state index contributed by atoms with van der Waals surface area (Å²) in [4.78, 5) is 15.4. The van der Waals surface area contributed by atoms with Crippen molar-refractivity contribution in [1.29, 1.82) is 0 Å². The Morgan fingerprint density at radius 3 is 2.94 bits per heavy atom. The van der Waals surface area contributed by atoms with Crippen LogP contribution in [0.5, 0.6) is 0 Å². The molecule has 1 heterocycles. The number of amides is 1. The number of aromatic nitrogens is 1. The van der Waals surface area contributed by atoms with Crippen LogP contribution in [-0.4, -0.2) is 23.3 Å². The summed E-state index contributed by atoms with van der Waals surface area (Å²) < 4.78 is 5.51. The number of carbonyl (C=O) groups excluding carboxylic acids is 1. The number of rotatable bonds is 1. The monoisotopic (exact) mass is 281 g/mol. The second-order valence-corrected chi connectivity index (χ2v) is 4.95. The first kappa shape index (κ1) is 12.7. The predicted molar refractivity (Wildman–Crippen MR) is 76.1 cm³/mol. The number of thiocarbonyl (C=S) groups is 1. The van der Waals surface area contributed by atoms with Crippen LogP contribution in [0.25, 0.3) is 10.2 Å². The number of aryl methyl sites for hydroxylation is 1. The molecule has 0 radical (unpaired) electrons. The van der Waals surface area contributed by atoms with E-state index in [0.29, 0.717) is 5.13 Å². The van der Waals surface area contributed by atoms with Crippen LogP contribution in [-0.2, 0) is 4.74 Å². The quantitative estimate of drug-likeness (QED) is 0.787. The van der Waals surface area contributed by atoms with Crippen LogP contribution < -0.4 is 10.6 Å². The van der Waals surface area contributed by atoms with Crippen LogP contribution in [0.2, 0.25) is 0 Å². The van der Waals surface area contributed by atoms with E-state index in [1.165, 1.54) is 18.4 Å². The van der Waals surface area contributed by atoms with Gasteiger partial charge in [-0.3, -0.25) is 5.32 Å². The van der Waals surface area contributed by atoms with Crippen molar-refractivity contribution < 1.29 is 9.53 Å². The van der Waals surface area contributed by atoms with E-state index in [9.17, 15) is 4.79 Å². The first-order chi connectivity index (χ1) is 8.60. The predicted octanol–water partition coefficient (Wildman–Crippen LogP) is 2.66. The fraction of sp³-hybridized carbons (Fsp3) is 0.182. The highest BCUT2D eigenvalue weighted by molar-refractivity contribution is 7.80. The molecule has 0 atom stereocenters. The van der Waals surface area contributed by atoms with E-state index in [4.69, 9.17) is 12.2 Å². The molecule has 0 spiro atoms. The fourth-order valence-corrected chi connectivity index (χ4v) is 2.60. The molecule has 0 aliphatic carbocycles. The highest BCUT2D eigenvalue weighted by atomic mass is 32.1. The summed E-state index contributed by atoms with van der Waals surface area (Å²) in [5.74, 6) is 0. The molecule has 5 nitrogen and oxygen atoms in total. The number of nitrogens with zero attached hydrogens (tertiary/aromatic N) is 1. The molecule has 0 bridgehead atoms. The summed E-state index contributed by atoms with van der Waals surface area (Å²) in [7, 11) is 1.28. The standard InChI is InChI=1S/C11H11N3O2S2/c1-6-4-3-5-7-8(6)12-10(18-7)13-9(17)14-11(15)16-2/h3-5H,1-2H3,(H2,12,13,14,15,17). The molecule has 2 aromatic rings. The van der Waals surface area contributed by atoms with Crippen LogP contribution >= 0.6 is 23.6 Å². The summed E-state index contributed by atoms with van der Waals surface area (Å²) in [6.07, 6.45) is -0.607. The number of ether oxygens (including phenoxy) is 1. The molecule has 7 heteroatoms. The van der Waals surface area contributed by atoms with Crippen LogP contribution in [0.4, 0.5) is 9.93 Å². The van der Waals surface area contributed by atoms with Crippen molar-refractivity contribution in [1.82, 2.24) is 10.3 Å². The first-order valence-electron chi connectivity index (χ1n) is 5.12. The Balaban J connectivity index is 2.15. The van der Waals surface area contributed by atoms with Crippen LogP contribution in [0, 0.1) is 6.92 Å². The van der Waals surface area contributed by atoms with Crippen molar-refractivity contribution in [3.8, 4) is 0 Å². The van der Waals surface area contributed by atoms with Gasteiger partial charge in [-0.1, -0.05) is 23.5 Å². The SMILES string of the molecule is COC(=O)NC(=S)Nc1nc2c(C)cccc2s1. The summed E-state index contributed by atoms with van der Waals surface area (Å²) in [6.45, 7) is 2.00. The Hall–Kier alpha value is -1.73. The largest absolute Gasteiger partial charge is 0.453 e. The number of nitrogens with one attached hydrogen (secondary N) is 2. The second kappa shape index (κ2) is 5.28. The van der Waals surface area contributed by atoms with Gasteiger partial charge in [0.15, 0.2) is 10.2 Å². The molecule has 0 saturated carbocycles. The molecule has 18 heavy (non-hydrogen) atoms. The lowest BCUT2D eigenvalue weighted by Gasteiger charge is -2.04. The summed E-state index contributed by atoms with van der Waals surface area (Å²) in [6, 6.07) is 5.96. The number of carbonyl (C=O) groups is 1. The molecule has 0 saturated heterocycles. The maximum absolute atomic E-state index is 11.0. The number of benzene rings is 1. The minimum Gasteiger partial charge on any atom is -0.453 e. The Bertz CT molecular complexity index is 609. The zero-order chi connectivity index (χ0) is 13.1. The Kier molecular flexibility index (Phi) is 3.73. The molecule has 0 fully saturated rings. The maximum atomic E-state index is 11.0. The number of thiazole rings is 1. The van der Waals surface area contributed by atoms with Gasteiger partial charge in [0, 0.05) is 0 Å². The van der Waals surface area contributed by atoms with Crippen LogP contribution in [0.3, 0.4) is 0 Å². The highest BCUT2D eigenvalue weighted by Crippen LogP contribution is 2.27. The molecule has 1 aromatic carbocycles. The van der Waals surface area contributed by atoms with Crippen molar-refractivity contribution in [3.63, 3.8) is 0 Å². The fourth-order valence-electron chi connectivity index (χ4n) is 1.41. The number of anilines is 1. The number of alkyl carbamates (subject to hydrolysis) is 1. The van der Waals surface area contributed by atoms with Gasteiger partial charge in [0.2, 0.25) is 0 Å². The third kappa shape index (κ3) is 2.74. The summed E-state index contributed by atoms with van der Waals surface area (Å²) in [5, 5.41) is 6.02. The average Bonchev–Trinajstić information content (AvgIpc) is 2.72. The van der Waals surface area contributed by atoms with Crippen molar-refractivity contribution in [2.75, 3.05) is 12.4 Å². The zero-order valence-electron chi connectivity index (χ0n) is 9.81. The maximum Gasteiger partial charge on any atom is 0.413 e. The molecular formula is C11H11N3O2S2. The van der Waals surface area contributed by atoms with E-state index < -0.39 is 6.09 Å². The van der Waals surface area contributed by atoms with Crippen LogP contribution in [0.15, 0.2) is 18.2 Å². The Morgan fingerprint density at radius 1 is 1.50 bits per heavy atom. The lowest BCUT2D eigenvalue weighted by molar-refractivity contribution is 0.177. The lowest BCUT2D eigenvalue weighted by Crippen LogP contribution is -2.33. The van der Waals surface area contributed by atoms with E-state index in [2.05, 4.69) is 20.4 Å². The third-order valence-electron chi connectivity index (χ3n) is 2.24. The van der Waals surface area contributed by atoms with Gasteiger partial charge in [0.1, 0.15) is 0 Å². The van der Waals surface area contributed by atoms with Crippen LogP contribution in [0.1, 0.15) is 5.56 Å². The van der Waals surface area contributed by atoms with E-state index in [-0.39, 0.29) is 5.11 Å². The van der Waals surface area contributed by atoms with Gasteiger partial charge in [0.05, 0.1) is 17.3 Å². The number of fused-ring (bicyclic) bond motifs is 1. The van der Waals surface area contributed by atoms with Gasteiger partial charge in [-0.25, -0.2) is 9.78 Å². The molecule has 0 aliphatic heterocycles. The van der Waals surface area contributed by atoms with Gasteiger partial charge in [-0.2, -0.15) is 0 Å². The van der Waals surface area contributed by atoms with E-state index in [0.717, 1.165) is 15.8 Å². The van der Waals surface area contributed by atoms with E-state index in [1.54, 1.807) is 0 Å². The smallest absolute Gasteiger partial charge is 0.413 e. The average molecular weight is 281 g/mol. The molecule has 94 valence electrons.